The molecule has 0 aromatic heterocycles. The van der Waals surface area contributed by atoms with Crippen molar-refractivity contribution in [1.82, 2.24) is 0 Å². The highest BCUT2D eigenvalue weighted by Gasteiger charge is 2.08. The van der Waals surface area contributed by atoms with Gasteiger partial charge >= 0.3 is 0 Å². The van der Waals surface area contributed by atoms with Crippen LogP contribution in [-0.2, 0) is 11.3 Å². The van der Waals surface area contributed by atoms with Crippen molar-refractivity contribution in [3.8, 4) is 0 Å². The van der Waals surface area contributed by atoms with Gasteiger partial charge < -0.3 is 4.55 Å². The van der Waals surface area contributed by atoms with E-state index >= 15 is 0 Å². The van der Waals surface area contributed by atoms with E-state index in [4.69, 9.17) is 0 Å². The van der Waals surface area contributed by atoms with Crippen molar-refractivity contribution in [2.75, 3.05) is 4.31 Å². The summed E-state index contributed by atoms with van der Waals surface area (Å²) in [6.45, 7) is 0. The predicted octanol–water partition coefficient (Wildman–Crippen LogP) is 2.62. The van der Waals surface area contributed by atoms with Gasteiger partial charge in [-0.2, -0.15) is 0 Å². The molecule has 1 unspecified atom stereocenters. The van der Waals surface area contributed by atoms with Crippen LogP contribution in [0.1, 0.15) is 0 Å². The highest BCUT2D eigenvalue weighted by atomic mass is 32.2. The van der Waals surface area contributed by atoms with Crippen LogP contribution in [0, 0.1) is 0 Å². The summed E-state index contributed by atoms with van der Waals surface area (Å²) >= 11 is -2.32. The minimum Gasteiger partial charge on any atom is -0.755 e. The Balaban J connectivity index is 2.44. The Morgan fingerprint density at radius 1 is 0.812 bits per heavy atom. The first-order valence-corrected chi connectivity index (χ1v) is 5.82. The van der Waals surface area contributed by atoms with Crippen LogP contribution >= 0.6 is 0 Å². The quantitative estimate of drug-likeness (QED) is 0.763. The summed E-state index contributed by atoms with van der Waals surface area (Å²) in [5.41, 5.74) is 1.25. The number of anilines is 2. The third kappa shape index (κ3) is 2.29. The molecule has 2 rings (SSSR count). The van der Waals surface area contributed by atoms with Gasteiger partial charge in [-0.1, -0.05) is 36.4 Å². The van der Waals surface area contributed by atoms with Gasteiger partial charge in [0.05, 0.1) is 22.6 Å². The fourth-order valence-corrected chi connectivity index (χ4v) is 2.04. The first-order chi connectivity index (χ1) is 7.79. The van der Waals surface area contributed by atoms with Crippen molar-refractivity contribution in [2.45, 2.75) is 0 Å². The molecule has 0 bridgehead atoms. The van der Waals surface area contributed by atoms with Crippen molar-refractivity contribution in [3.05, 3.63) is 60.7 Å². The molecular formula is C12H10NO2S-. The zero-order valence-corrected chi connectivity index (χ0v) is 9.26. The summed E-state index contributed by atoms with van der Waals surface area (Å²) in [4.78, 5) is 0. The molecule has 4 heteroatoms. The van der Waals surface area contributed by atoms with E-state index in [-0.39, 0.29) is 0 Å². The molecule has 0 radical (unpaired) electrons. The van der Waals surface area contributed by atoms with E-state index in [2.05, 4.69) is 0 Å². The molecule has 0 N–H and O–H groups in total. The monoisotopic (exact) mass is 232 g/mol. The molecule has 0 heterocycles. The van der Waals surface area contributed by atoms with Crippen LogP contribution in [0.2, 0.25) is 0 Å². The summed E-state index contributed by atoms with van der Waals surface area (Å²) in [6, 6.07) is 17.9. The molecule has 3 nitrogen and oxygen atoms in total. The summed E-state index contributed by atoms with van der Waals surface area (Å²) < 4.78 is 23.7. The van der Waals surface area contributed by atoms with Crippen molar-refractivity contribution < 1.29 is 8.76 Å². The summed E-state index contributed by atoms with van der Waals surface area (Å²) in [6.07, 6.45) is 0. The highest BCUT2D eigenvalue weighted by molar-refractivity contribution is 7.81. The van der Waals surface area contributed by atoms with Crippen molar-refractivity contribution in [2.24, 2.45) is 0 Å². The molecule has 0 saturated carbocycles. The molecule has 82 valence electrons. The number of rotatable bonds is 3. The molecule has 0 fully saturated rings. The maximum absolute atomic E-state index is 11.2. The van der Waals surface area contributed by atoms with Gasteiger partial charge in [-0.25, -0.2) is 0 Å². The van der Waals surface area contributed by atoms with Gasteiger partial charge in [-0.3, -0.25) is 8.51 Å². The summed E-state index contributed by atoms with van der Waals surface area (Å²) in [7, 11) is 0. The lowest BCUT2D eigenvalue weighted by molar-refractivity contribution is 0.537. The van der Waals surface area contributed by atoms with Crippen LogP contribution < -0.4 is 4.31 Å². The fourth-order valence-electron chi connectivity index (χ4n) is 1.45. The van der Waals surface area contributed by atoms with Crippen LogP contribution in [0.4, 0.5) is 11.4 Å². The van der Waals surface area contributed by atoms with E-state index in [0.29, 0.717) is 11.4 Å². The molecule has 0 spiro atoms. The first-order valence-electron chi connectivity index (χ1n) is 4.78. The molecule has 0 amide bonds. The average Bonchev–Trinajstić information content (AvgIpc) is 2.31. The van der Waals surface area contributed by atoms with Crippen LogP contribution in [0.5, 0.6) is 0 Å². The molecule has 16 heavy (non-hydrogen) atoms. The Bertz CT molecular complexity index is 433. The van der Waals surface area contributed by atoms with E-state index in [1.54, 1.807) is 48.5 Å². The van der Waals surface area contributed by atoms with Crippen molar-refractivity contribution in [1.29, 1.82) is 0 Å². The lowest BCUT2D eigenvalue weighted by atomic mass is 10.3. The van der Waals surface area contributed by atoms with E-state index < -0.39 is 11.3 Å². The minimum absolute atomic E-state index is 0.627. The number of benzene rings is 2. The lowest BCUT2D eigenvalue weighted by Crippen LogP contribution is -2.19. The molecule has 0 aliphatic heterocycles. The number of hydrogen-bond donors (Lipinski definition) is 0. The topological polar surface area (TPSA) is 43.4 Å². The maximum Gasteiger partial charge on any atom is 0.0538 e. The summed E-state index contributed by atoms with van der Waals surface area (Å²) in [5, 5.41) is 0. The van der Waals surface area contributed by atoms with E-state index in [0.717, 1.165) is 0 Å². The molecule has 1 atom stereocenters. The van der Waals surface area contributed by atoms with Gasteiger partial charge in [0.25, 0.3) is 0 Å². The Kier molecular flexibility index (Phi) is 3.34. The molecule has 2 aromatic rings. The largest absolute Gasteiger partial charge is 0.755 e. The van der Waals surface area contributed by atoms with Crippen LogP contribution in [0.15, 0.2) is 60.7 Å². The fraction of sp³-hybridized carbons (Fsp3) is 0. The second kappa shape index (κ2) is 4.92. The highest BCUT2D eigenvalue weighted by Crippen LogP contribution is 2.25. The third-order valence-corrected chi connectivity index (χ3v) is 2.85. The maximum atomic E-state index is 11.2. The van der Waals surface area contributed by atoms with Crippen molar-refractivity contribution in [3.63, 3.8) is 0 Å². The lowest BCUT2D eigenvalue weighted by Gasteiger charge is -2.26. The third-order valence-electron chi connectivity index (χ3n) is 2.13. The Labute approximate surface area is 96.8 Å². The minimum atomic E-state index is -2.32. The SMILES string of the molecule is O=S([O-])N(c1ccccc1)c1ccccc1. The predicted molar refractivity (Wildman–Crippen MR) is 63.9 cm³/mol. The van der Waals surface area contributed by atoms with Gasteiger partial charge in [0.15, 0.2) is 0 Å². The summed E-state index contributed by atoms with van der Waals surface area (Å²) in [5.74, 6) is 0. The van der Waals surface area contributed by atoms with Gasteiger partial charge in [0.2, 0.25) is 0 Å². The number of hydrogen-bond acceptors (Lipinski definition) is 2. The Morgan fingerprint density at radius 2 is 1.19 bits per heavy atom. The molecule has 0 aliphatic rings. The smallest absolute Gasteiger partial charge is 0.0538 e. The second-order valence-corrected chi connectivity index (χ2v) is 3.98. The van der Waals surface area contributed by atoms with Crippen LogP contribution in [-0.4, -0.2) is 8.76 Å². The van der Waals surface area contributed by atoms with Crippen LogP contribution in [0.3, 0.4) is 0 Å². The standard InChI is InChI=1S/C12H11NO2S/c14-16(15)13(11-7-3-1-4-8-11)12-9-5-2-6-10-12/h1-10H,(H,14,15)/p-1. The van der Waals surface area contributed by atoms with Gasteiger partial charge in [-0.15, -0.1) is 0 Å². The zero-order valence-electron chi connectivity index (χ0n) is 8.45. The number of para-hydroxylation sites is 2. The normalized spacial score (nSPS) is 12.1. The second-order valence-electron chi connectivity index (χ2n) is 3.18. The molecule has 0 saturated heterocycles. The Morgan fingerprint density at radius 3 is 1.50 bits per heavy atom. The van der Waals surface area contributed by atoms with Crippen LogP contribution in [0.25, 0.3) is 0 Å². The van der Waals surface area contributed by atoms with Gasteiger partial charge in [0.1, 0.15) is 0 Å². The molecular weight excluding hydrogens is 222 g/mol. The van der Waals surface area contributed by atoms with E-state index in [1.807, 2.05) is 12.1 Å². The average molecular weight is 232 g/mol. The first kappa shape index (κ1) is 10.9. The molecule has 2 aromatic carbocycles. The Hall–Kier alpha value is -1.65. The van der Waals surface area contributed by atoms with Gasteiger partial charge in [0, 0.05) is 0 Å². The zero-order chi connectivity index (χ0) is 11.4. The van der Waals surface area contributed by atoms with E-state index in [1.165, 1.54) is 4.31 Å². The number of nitrogens with zero attached hydrogens (tertiary/aromatic N) is 1. The van der Waals surface area contributed by atoms with Crippen molar-refractivity contribution >= 4 is 22.6 Å². The van der Waals surface area contributed by atoms with E-state index in [9.17, 15) is 8.76 Å². The molecule has 0 aliphatic carbocycles. The van der Waals surface area contributed by atoms with Gasteiger partial charge in [-0.05, 0) is 24.3 Å².